The van der Waals surface area contributed by atoms with Crippen LogP contribution in [0, 0.1) is 0 Å². The monoisotopic (exact) mass is 480 g/mol. The normalized spacial score (nSPS) is 10.5. The van der Waals surface area contributed by atoms with Gasteiger partial charge in [-0.25, -0.2) is 4.57 Å². The highest BCUT2D eigenvalue weighted by Gasteiger charge is 2.13. The van der Waals surface area contributed by atoms with E-state index in [-0.39, 0.29) is 29.3 Å². The van der Waals surface area contributed by atoms with Crippen LogP contribution < -0.4 is 21.5 Å². The maximum atomic E-state index is 12.7. The number of hydrogen-bond acceptors (Lipinski definition) is 2. The standard InChI is InChI=1S/C28H21N2O.BrH/c31-28(24-15-13-22(14-16-24)21-7-2-1-3-8-21)19-30-18-17-27(29-20-30)26-12-6-10-23-9-4-5-11-25(23)26;/h1-18,20H,19H2;1H/q+1;/p-1. The van der Waals surface area contributed by atoms with Gasteiger partial charge in [0.1, 0.15) is 0 Å². The first-order chi connectivity index (χ1) is 15.3. The Kier molecular flexibility index (Phi) is 6.52. The molecular weight excluding hydrogens is 460 g/mol. The van der Waals surface area contributed by atoms with Gasteiger partial charge in [-0.3, -0.25) is 4.79 Å². The molecule has 0 aliphatic heterocycles. The topological polar surface area (TPSA) is 33.8 Å². The molecule has 0 fully saturated rings. The lowest BCUT2D eigenvalue weighted by Crippen LogP contribution is -3.00. The number of Topliss-reactive ketones (excluding diaryl/α,β-unsaturated/α-hetero) is 1. The number of halogens is 1. The second-order valence-corrected chi connectivity index (χ2v) is 7.51. The van der Waals surface area contributed by atoms with E-state index in [0.717, 1.165) is 22.4 Å². The van der Waals surface area contributed by atoms with Crippen molar-refractivity contribution in [2.75, 3.05) is 0 Å². The van der Waals surface area contributed by atoms with Gasteiger partial charge in [-0.05, 0) is 32.9 Å². The zero-order chi connectivity index (χ0) is 21.0. The summed E-state index contributed by atoms with van der Waals surface area (Å²) in [6.45, 7) is 0.257. The van der Waals surface area contributed by atoms with Gasteiger partial charge in [0.2, 0.25) is 5.78 Å². The van der Waals surface area contributed by atoms with Crippen molar-refractivity contribution in [2.24, 2.45) is 0 Å². The zero-order valence-corrected chi connectivity index (χ0v) is 18.9. The molecule has 5 aromatic rings. The summed E-state index contributed by atoms with van der Waals surface area (Å²) in [4.78, 5) is 17.4. The van der Waals surface area contributed by atoms with Crippen LogP contribution in [0.3, 0.4) is 0 Å². The fourth-order valence-electron chi connectivity index (χ4n) is 3.82. The summed E-state index contributed by atoms with van der Waals surface area (Å²) in [6.07, 6.45) is 3.65. The maximum Gasteiger partial charge on any atom is 0.287 e. The van der Waals surface area contributed by atoms with E-state index in [9.17, 15) is 4.79 Å². The number of rotatable bonds is 5. The average Bonchev–Trinajstić information content (AvgIpc) is 2.85. The minimum Gasteiger partial charge on any atom is -1.00 e. The van der Waals surface area contributed by atoms with E-state index in [1.54, 1.807) is 6.33 Å². The van der Waals surface area contributed by atoms with Crippen LogP contribution in [0.4, 0.5) is 0 Å². The first-order valence-electron chi connectivity index (χ1n) is 10.3. The Morgan fingerprint density at radius 2 is 1.41 bits per heavy atom. The van der Waals surface area contributed by atoms with E-state index in [0.29, 0.717) is 5.56 Å². The van der Waals surface area contributed by atoms with Crippen LogP contribution in [-0.2, 0) is 6.54 Å². The zero-order valence-electron chi connectivity index (χ0n) is 17.4. The molecule has 0 N–H and O–H groups in total. The Morgan fingerprint density at radius 3 is 2.16 bits per heavy atom. The lowest BCUT2D eigenvalue weighted by molar-refractivity contribution is -0.686. The molecular formula is C28H21BrN2O. The molecule has 0 atom stereocenters. The molecule has 0 saturated heterocycles. The fourth-order valence-corrected chi connectivity index (χ4v) is 3.82. The third kappa shape index (κ3) is 4.51. The number of benzene rings is 4. The van der Waals surface area contributed by atoms with Crippen molar-refractivity contribution in [1.29, 1.82) is 0 Å². The predicted octanol–water partition coefficient (Wildman–Crippen LogP) is 2.74. The molecule has 3 nitrogen and oxygen atoms in total. The maximum absolute atomic E-state index is 12.7. The molecule has 0 aliphatic carbocycles. The number of aromatic nitrogens is 2. The summed E-state index contributed by atoms with van der Waals surface area (Å²) in [6, 6.07) is 34.4. The van der Waals surface area contributed by atoms with Crippen molar-refractivity contribution in [1.82, 2.24) is 4.98 Å². The largest absolute Gasteiger partial charge is 1.00 e. The van der Waals surface area contributed by atoms with Crippen LogP contribution in [0.1, 0.15) is 10.4 Å². The third-order valence-electron chi connectivity index (χ3n) is 5.47. The number of carbonyl (C=O) groups excluding carboxylic acids is 1. The Bertz CT molecular complexity index is 1340. The summed E-state index contributed by atoms with van der Waals surface area (Å²) in [5.74, 6) is 0.0596. The van der Waals surface area contributed by atoms with Crippen LogP contribution in [0.5, 0.6) is 0 Å². The molecule has 0 saturated carbocycles. The fraction of sp³-hybridized carbons (Fsp3) is 0.0357. The number of ketones is 1. The molecule has 4 aromatic carbocycles. The molecule has 1 aromatic heterocycles. The quantitative estimate of drug-likeness (QED) is 0.286. The molecule has 0 bridgehead atoms. The van der Waals surface area contributed by atoms with Crippen molar-refractivity contribution in [3.8, 4) is 22.4 Å². The van der Waals surface area contributed by atoms with E-state index >= 15 is 0 Å². The van der Waals surface area contributed by atoms with Gasteiger partial charge in [-0.1, -0.05) is 91.0 Å². The second-order valence-electron chi connectivity index (χ2n) is 7.51. The van der Waals surface area contributed by atoms with Gasteiger partial charge in [-0.2, -0.15) is 0 Å². The van der Waals surface area contributed by atoms with Gasteiger partial charge in [0.05, 0.1) is 6.20 Å². The number of nitrogens with zero attached hydrogens (tertiary/aromatic N) is 2. The Labute approximate surface area is 197 Å². The predicted molar refractivity (Wildman–Crippen MR) is 124 cm³/mol. The molecule has 0 spiro atoms. The van der Waals surface area contributed by atoms with E-state index in [4.69, 9.17) is 0 Å². The van der Waals surface area contributed by atoms with Crippen molar-refractivity contribution < 1.29 is 26.3 Å². The van der Waals surface area contributed by atoms with Gasteiger partial charge < -0.3 is 17.0 Å². The molecule has 0 unspecified atom stereocenters. The number of hydrogen-bond donors (Lipinski definition) is 0. The molecule has 0 aliphatic rings. The molecule has 1 heterocycles. The van der Waals surface area contributed by atoms with Gasteiger partial charge in [0.15, 0.2) is 12.2 Å². The van der Waals surface area contributed by atoms with Crippen LogP contribution in [-0.4, -0.2) is 10.8 Å². The van der Waals surface area contributed by atoms with E-state index < -0.39 is 0 Å². The van der Waals surface area contributed by atoms with Gasteiger partial charge in [0, 0.05) is 17.2 Å². The molecule has 0 amide bonds. The van der Waals surface area contributed by atoms with E-state index in [2.05, 4.69) is 41.4 Å². The van der Waals surface area contributed by atoms with Crippen molar-refractivity contribution in [2.45, 2.75) is 6.54 Å². The number of fused-ring (bicyclic) bond motifs is 1. The summed E-state index contributed by atoms with van der Waals surface area (Å²) < 4.78 is 1.82. The molecule has 4 heteroatoms. The minimum atomic E-state index is 0. The lowest BCUT2D eigenvalue weighted by Gasteiger charge is -2.05. The van der Waals surface area contributed by atoms with Crippen molar-refractivity contribution in [3.63, 3.8) is 0 Å². The van der Waals surface area contributed by atoms with Crippen LogP contribution >= 0.6 is 0 Å². The molecule has 32 heavy (non-hydrogen) atoms. The average molecular weight is 481 g/mol. The molecule has 5 rings (SSSR count). The summed E-state index contributed by atoms with van der Waals surface area (Å²) >= 11 is 0. The summed E-state index contributed by atoms with van der Waals surface area (Å²) in [7, 11) is 0. The number of carbonyl (C=O) groups is 1. The highest BCUT2D eigenvalue weighted by Crippen LogP contribution is 2.26. The molecule has 156 valence electrons. The SMILES string of the molecule is O=C(C[n+]1ccc(-c2cccc3ccccc23)nc1)c1ccc(-c2ccccc2)cc1.[Br-]. The van der Waals surface area contributed by atoms with Crippen LogP contribution in [0.25, 0.3) is 33.2 Å². The van der Waals surface area contributed by atoms with Gasteiger partial charge in [-0.15, -0.1) is 0 Å². The summed E-state index contributed by atoms with van der Waals surface area (Å²) in [5, 5.41) is 2.36. The van der Waals surface area contributed by atoms with Crippen molar-refractivity contribution >= 4 is 16.6 Å². The smallest absolute Gasteiger partial charge is 0.287 e. The van der Waals surface area contributed by atoms with Crippen LogP contribution in [0.15, 0.2) is 116 Å². The highest BCUT2D eigenvalue weighted by atomic mass is 79.9. The first kappa shape index (κ1) is 21.6. The Balaban J connectivity index is 0.00000245. The Hall–Kier alpha value is -3.63. The Morgan fingerprint density at radius 1 is 0.719 bits per heavy atom. The highest BCUT2D eigenvalue weighted by molar-refractivity contribution is 5.96. The minimum absolute atomic E-state index is 0. The first-order valence-corrected chi connectivity index (χ1v) is 10.3. The summed E-state index contributed by atoms with van der Waals surface area (Å²) in [5.41, 5.74) is 4.93. The van der Waals surface area contributed by atoms with E-state index in [1.807, 2.05) is 77.5 Å². The van der Waals surface area contributed by atoms with Gasteiger partial charge in [0.25, 0.3) is 6.33 Å². The molecule has 0 radical (unpaired) electrons. The lowest BCUT2D eigenvalue weighted by atomic mass is 10.0. The van der Waals surface area contributed by atoms with E-state index in [1.165, 1.54) is 10.8 Å². The van der Waals surface area contributed by atoms with Gasteiger partial charge >= 0.3 is 0 Å². The third-order valence-corrected chi connectivity index (χ3v) is 5.47. The van der Waals surface area contributed by atoms with Crippen molar-refractivity contribution in [3.05, 3.63) is 121 Å². The van der Waals surface area contributed by atoms with Crippen LogP contribution in [0.2, 0.25) is 0 Å². The second kappa shape index (κ2) is 9.67.